The molecule has 0 heterocycles. The second-order valence-electron chi connectivity index (χ2n) is 4.97. The number of carbonyl (C=O) groups is 2. The maximum atomic E-state index is 13.8. The lowest BCUT2D eigenvalue weighted by molar-refractivity contribution is -0.120. The fraction of sp³-hybridized carbons (Fsp3) is 0.176. The van der Waals surface area contributed by atoms with E-state index in [4.69, 9.17) is 0 Å². The van der Waals surface area contributed by atoms with Crippen LogP contribution in [0.15, 0.2) is 48.5 Å². The number of hydrogen-bond acceptors (Lipinski definition) is 2. The first kappa shape index (κ1) is 15.7. The largest absolute Gasteiger partial charge is 0.325 e. The van der Waals surface area contributed by atoms with Gasteiger partial charge in [0.05, 0.1) is 5.69 Å². The van der Waals surface area contributed by atoms with Crippen LogP contribution >= 0.6 is 0 Å². The summed E-state index contributed by atoms with van der Waals surface area (Å²) in [5.74, 6) is -1.33. The van der Waals surface area contributed by atoms with E-state index in [0.717, 1.165) is 10.5 Å². The van der Waals surface area contributed by atoms with Crippen LogP contribution in [0.2, 0.25) is 0 Å². The molecule has 0 aliphatic rings. The van der Waals surface area contributed by atoms with E-state index in [9.17, 15) is 14.0 Å². The summed E-state index contributed by atoms with van der Waals surface area (Å²) in [6.07, 6.45) is 0. The molecule has 2 amide bonds. The molecule has 4 nitrogen and oxygen atoms in total. The van der Waals surface area contributed by atoms with Gasteiger partial charge in [0.2, 0.25) is 11.8 Å². The highest BCUT2D eigenvalue weighted by atomic mass is 19.1. The highest BCUT2D eigenvalue weighted by Crippen LogP contribution is 2.19. The molecule has 2 aromatic carbocycles. The molecule has 0 bridgehead atoms. The molecular weight excluding hydrogens is 283 g/mol. The fourth-order valence-corrected chi connectivity index (χ4v) is 2.02. The summed E-state index contributed by atoms with van der Waals surface area (Å²) in [6, 6.07) is 13.2. The normalized spacial score (nSPS) is 10.1. The van der Waals surface area contributed by atoms with Crippen molar-refractivity contribution in [2.75, 3.05) is 16.8 Å². The maximum Gasteiger partial charge on any atom is 0.244 e. The summed E-state index contributed by atoms with van der Waals surface area (Å²) < 4.78 is 13.8. The zero-order chi connectivity index (χ0) is 16.1. The van der Waals surface area contributed by atoms with Crippen molar-refractivity contribution in [1.82, 2.24) is 0 Å². The zero-order valence-corrected chi connectivity index (χ0v) is 12.5. The molecule has 0 spiro atoms. The van der Waals surface area contributed by atoms with Crippen molar-refractivity contribution >= 4 is 23.2 Å². The highest BCUT2D eigenvalue weighted by Gasteiger charge is 2.18. The van der Waals surface area contributed by atoms with E-state index >= 15 is 0 Å². The van der Waals surface area contributed by atoms with Crippen LogP contribution in [0.25, 0.3) is 0 Å². The Morgan fingerprint density at radius 3 is 2.32 bits per heavy atom. The number of nitrogens with zero attached hydrogens (tertiary/aromatic N) is 1. The molecule has 0 aliphatic heterocycles. The van der Waals surface area contributed by atoms with E-state index in [1.54, 1.807) is 18.2 Å². The minimum atomic E-state index is -0.541. The first-order chi connectivity index (χ1) is 10.5. The number of rotatable bonds is 4. The number of carbonyl (C=O) groups excluding carboxylic acids is 2. The predicted octanol–water partition coefficient (Wildman–Crippen LogP) is 3.13. The Kier molecular flexibility index (Phi) is 4.88. The zero-order valence-electron chi connectivity index (χ0n) is 12.5. The third-order valence-corrected chi connectivity index (χ3v) is 3.16. The molecule has 0 saturated heterocycles. The number of aryl methyl sites for hydroxylation is 1. The van der Waals surface area contributed by atoms with Crippen LogP contribution in [-0.4, -0.2) is 18.4 Å². The van der Waals surface area contributed by atoms with Gasteiger partial charge in [0.15, 0.2) is 0 Å². The summed E-state index contributed by atoms with van der Waals surface area (Å²) in [5, 5.41) is 2.69. The third kappa shape index (κ3) is 3.91. The minimum absolute atomic E-state index is 0.0917. The molecule has 2 rings (SSSR count). The summed E-state index contributed by atoms with van der Waals surface area (Å²) in [7, 11) is 0. The van der Waals surface area contributed by atoms with Crippen molar-refractivity contribution in [3.63, 3.8) is 0 Å². The lowest BCUT2D eigenvalue weighted by atomic mass is 10.2. The lowest BCUT2D eigenvalue weighted by Gasteiger charge is -2.21. The summed E-state index contributed by atoms with van der Waals surface area (Å²) in [6.45, 7) is 3.00. The molecule has 0 unspecified atom stereocenters. The van der Waals surface area contributed by atoms with E-state index < -0.39 is 11.7 Å². The number of para-hydroxylation sites is 1. The molecule has 2 aromatic rings. The standard InChI is InChI=1S/C17H17FN2O2/c1-12-7-9-14(10-8-12)19-17(22)11-20(13(2)21)16-6-4-3-5-15(16)18/h3-10H,11H2,1-2H3,(H,19,22). The van der Waals surface area contributed by atoms with Gasteiger partial charge in [0, 0.05) is 12.6 Å². The van der Waals surface area contributed by atoms with Crippen LogP contribution in [0.1, 0.15) is 12.5 Å². The Morgan fingerprint density at radius 1 is 1.09 bits per heavy atom. The number of nitrogens with one attached hydrogen (secondary N) is 1. The van der Waals surface area contributed by atoms with Crippen LogP contribution in [0.3, 0.4) is 0 Å². The number of anilines is 2. The van der Waals surface area contributed by atoms with E-state index in [1.165, 1.54) is 25.1 Å². The molecule has 0 aliphatic carbocycles. The van der Waals surface area contributed by atoms with Crippen LogP contribution in [0, 0.1) is 12.7 Å². The van der Waals surface area contributed by atoms with Crippen molar-refractivity contribution in [2.45, 2.75) is 13.8 Å². The van der Waals surface area contributed by atoms with Crippen molar-refractivity contribution in [2.24, 2.45) is 0 Å². The fourth-order valence-electron chi connectivity index (χ4n) is 2.02. The van der Waals surface area contributed by atoms with Gasteiger partial charge in [0.25, 0.3) is 0 Å². The van der Waals surface area contributed by atoms with Crippen LogP contribution in [0.4, 0.5) is 15.8 Å². The Labute approximate surface area is 128 Å². The number of benzene rings is 2. The van der Waals surface area contributed by atoms with Gasteiger partial charge in [-0.25, -0.2) is 4.39 Å². The molecule has 0 fully saturated rings. The van der Waals surface area contributed by atoms with Gasteiger partial charge in [-0.1, -0.05) is 29.8 Å². The molecule has 114 valence electrons. The van der Waals surface area contributed by atoms with Gasteiger partial charge in [0.1, 0.15) is 12.4 Å². The first-order valence-electron chi connectivity index (χ1n) is 6.86. The SMILES string of the molecule is CC(=O)N(CC(=O)Nc1ccc(C)cc1)c1ccccc1F. The van der Waals surface area contributed by atoms with Crippen molar-refractivity contribution in [1.29, 1.82) is 0 Å². The van der Waals surface area contributed by atoms with E-state index in [1.807, 2.05) is 19.1 Å². The molecule has 0 aromatic heterocycles. The first-order valence-corrected chi connectivity index (χ1v) is 6.86. The van der Waals surface area contributed by atoms with Gasteiger partial charge in [-0.2, -0.15) is 0 Å². The molecule has 0 saturated carbocycles. The highest BCUT2D eigenvalue weighted by molar-refractivity contribution is 6.01. The Balaban J connectivity index is 2.11. The Hall–Kier alpha value is -2.69. The molecule has 0 atom stereocenters. The predicted molar refractivity (Wildman–Crippen MR) is 84.2 cm³/mol. The van der Waals surface area contributed by atoms with Gasteiger partial charge in [-0.15, -0.1) is 0 Å². The number of halogens is 1. The Bertz CT molecular complexity index is 683. The van der Waals surface area contributed by atoms with Gasteiger partial charge < -0.3 is 10.2 Å². The topological polar surface area (TPSA) is 49.4 Å². The maximum absolute atomic E-state index is 13.8. The van der Waals surface area contributed by atoms with Crippen LogP contribution in [0.5, 0.6) is 0 Å². The second-order valence-corrected chi connectivity index (χ2v) is 4.97. The molecule has 5 heteroatoms. The van der Waals surface area contributed by atoms with E-state index in [0.29, 0.717) is 5.69 Å². The monoisotopic (exact) mass is 300 g/mol. The van der Waals surface area contributed by atoms with Crippen LogP contribution in [-0.2, 0) is 9.59 Å². The lowest BCUT2D eigenvalue weighted by Crippen LogP contribution is -2.37. The Morgan fingerprint density at radius 2 is 1.73 bits per heavy atom. The molecule has 0 radical (unpaired) electrons. The van der Waals surface area contributed by atoms with Crippen LogP contribution < -0.4 is 10.2 Å². The van der Waals surface area contributed by atoms with Gasteiger partial charge in [-0.05, 0) is 31.2 Å². The second kappa shape index (κ2) is 6.85. The van der Waals surface area contributed by atoms with Gasteiger partial charge >= 0.3 is 0 Å². The smallest absolute Gasteiger partial charge is 0.244 e. The average molecular weight is 300 g/mol. The molecule has 22 heavy (non-hydrogen) atoms. The number of hydrogen-bond donors (Lipinski definition) is 1. The van der Waals surface area contributed by atoms with Gasteiger partial charge in [-0.3, -0.25) is 9.59 Å². The molecule has 1 N–H and O–H groups in total. The summed E-state index contributed by atoms with van der Waals surface area (Å²) in [4.78, 5) is 24.9. The molecular formula is C17H17FN2O2. The summed E-state index contributed by atoms with van der Waals surface area (Å²) in [5.41, 5.74) is 1.80. The quantitative estimate of drug-likeness (QED) is 0.943. The van der Waals surface area contributed by atoms with Crippen molar-refractivity contribution in [3.05, 3.63) is 59.9 Å². The van der Waals surface area contributed by atoms with Crippen molar-refractivity contribution in [3.8, 4) is 0 Å². The van der Waals surface area contributed by atoms with E-state index in [-0.39, 0.29) is 18.1 Å². The number of amides is 2. The third-order valence-electron chi connectivity index (χ3n) is 3.16. The minimum Gasteiger partial charge on any atom is -0.325 e. The average Bonchev–Trinajstić information content (AvgIpc) is 2.48. The summed E-state index contributed by atoms with van der Waals surface area (Å²) >= 11 is 0. The van der Waals surface area contributed by atoms with Crippen molar-refractivity contribution < 1.29 is 14.0 Å². The van der Waals surface area contributed by atoms with E-state index in [2.05, 4.69) is 5.32 Å².